The van der Waals surface area contributed by atoms with Crippen LogP contribution in [0, 0.1) is 6.92 Å². The highest BCUT2D eigenvalue weighted by Gasteiger charge is 2.05. The molecule has 0 saturated carbocycles. The van der Waals surface area contributed by atoms with Crippen molar-refractivity contribution in [3.05, 3.63) is 34.9 Å². The van der Waals surface area contributed by atoms with Crippen LogP contribution < -0.4 is 0 Å². The van der Waals surface area contributed by atoms with Crippen LogP contribution in [0.15, 0.2) is 28.4 Å². The lowest BCUT2D eigenvalue weighted by Gasteiger charge is -2.11. The second-order valence-electron chi connectivity index (χ2n) is 3.60. The van der Waals surface area contributed by atoms with E-state index in [9.17, 15) is 0 Å². The summed E-state index contributed by atoms with van der Waals surface area (Å²) in [7, 11) is 0. The summed E-state index contributed by atoms with van der Waals surface area (Å²) in [5.74, 6) is 0.542. The largest absolute Gasteiger partial charge is 0.167 e. The van der Waals surface area contributed by atoms with E-state index in [0.29, 0.717) is 5.92 Å². The topological polar surface area (TPSA) is 24.7 Å². The van der Waals surface area contributed by atoms with Crippen LogP contribution >= 0.6 is 0 Å². The van der Waals surface area contributed by atoms with Crippen LogP contribution in [-0.4, -0.2) is 12.9 Å². The third kappa shape index (κ3) is 2.28. The van der Waals surface area contributed by atoms with E-state index in [2.05, 4.69) is 43.8 Å². The summed E-state index contributed by atoms with van der Waals surface area (Å²) in [5, 5.41) is 7.26. The minimum Gasteiger partial charge on any atom is -0.167 e. The lowest BCUT2D eigenvalue weighted by molar-refractivity contribution is 0.856. The maximum absolute atomic E-state index is 3.79. The zero-order valence-corrected chi connectivity index (χ0v) is 8.99. The molecular weight excluding hydrogens is 172 g/mol. The Kier molecular flexibility index (Phi) is 3.57. The first-order valence-corrected chi connectivity index (χ1v) is 4.75. The molecular formula is C12H16N2. The molecule has 1 aromatic rings. The number of hydrogen-bond donors (Lipinski definition) is 0. The van der Waals surface area contributed by atoms with Gasteiger partial charge in [-0.1, -0.05) is 32.0 Å². The molecule has 0 aliphatic carbocycles. The fourth-order valence-electron chi connectivity index (χ4n) is 1.54. The van der Waals surface area contributed by atoms with Crippen molar-refractivity contribution in [1.82, 2.24) is 0 Å². The predicted octanol–water partition coefficient (Wildman–Crippen LogP) is 3.15. The maximum Gasteiger partial charge on any atom is 0.0570 e. The van der Waals surface area contributed by atoms with E-state index in [4.69, 9.17) is 0 Å². The molecule has 0 fully saturated rings. The van der Waals surface area contributed by atoms with Gasteiger partial charge in [0.15, 0.2) is 0 Å². The van der Waals surface area contributed by atoms with Gasteiger partial charge in [-0.2, -0.15) is 10.2 Å². The summed E-state index contributed by atoms with van der Waals surface area (Å²) in [4.78, 5) is 0. The summed E-state index contributed by atoms with van der Waals surface area (Å²) in [6.07, 6.45) is 1.74. The number of nitrogens with zero attached hydrogens (tertiary/aromatic N) is 2. The Morgan fingerprint density at radius 3 is 2.64 bits per heavy atom. The van der Waals surface area contributed by atoms with Crippen LogP contribution in [-0.2, 0) is 0 Å². The lowest BCUT2D eigenvalue weighted by Crippen LogP contribution is -1.96. The van der Waals surface area contributed by atoms with Crippen molar-refractivity contribution in [2.24, 2.45) is 10.2 Å². The molecule has 1 aromatic carbocycles. The van der Waals surface area contributed by atoms with Crippen molar-refractivity contribution in [2.45, 2.75) is 26.7 Å². The molecule has 2 heteroatoms. The predicted molar refractivity (Wildman–Crippen MR) is 62.4 cm³/mol. The summed E-state index contributed by atoms with van der Waals surface area (Å²) in [5.41, 5.74) is 3.75. The first-order chi connectivity index (χ1) is 6.66. The minimum atomic E-state index is 0.542. The minimum absolute atomic E-state index is 0.542. The van der Waals surface area contributed by atoms with Crippen molar-refractivity contribution < 1.29 is 0 Å². The van der Waals surface area contributed by atoms with Gasteiger partial charge in [-0.3, -0.25) is 0 Å². The second kappa shape index (κ2) is 4.70. The van der Waals surface area contributed by atoms with Gasteiger partial charge in [-0.15, -0.1) is 0 Å². The van der Waals surface area contributed by atoms with Crippen molar-refractivity contribution in [2.75, 3.05) is 0 Å². The number of benzene rings is 1. The second-order valence-corrected chi connectivity index (χ2v) is 3.60. The van der Waals surface area contributed by atoms with Gasteiger partial charge in [0, 0.05) is 6.72 Å². The highest BCUT2D eigenvalue weighted by molar-refractivity contribution is 5.82. The van der Waals surface area contributed by atoms with Crippen LogP contribution in [0.2, 0.25) is 0 Å². The SMILES string of the molecule is C=N/N=C\c1cccc(C(C)C)c1C. The van der Waals surface area contributed by atoms with Gasteiger partial charge in [0.1, 0.15) is 0 Å². The molecule has 14 heavy (non-hydrogen) atoms. The van der Waals surface area contributed by atoms with Gasteiger partial charge in [0.2, 0.25) is 0 Å². The van der Waals surface area contributed by atoms with E-state index in [0.717, 1.165) is 5.56 Å². The number of rotatable bonds is 3. The van der Waals surface area contributed by atoms with Gasteiger partial charge in [-0.25, -0.2) is 0 Å². The Labute approximate surface area is 85.4 Å². The fraction of sp³-hybridized carbons (Fsp3) is 0.333. The quantitative estimate of drug-likeness (QED) is 0.514. The number of hydrogen-bond acceptors (Lipinski definition) is 2. The van der Waals surface area contributed by atoms with Crippen molar-refractivity contribution in [1.29, 1.82) is 0 Å². The summed E-state index contributed by atoms with van der Waals surface area (Å²) < 4.78 is 0. The van der Waals surface area contributed by atoms with Crippen molar-refractivity contribution >= 4 is 12.9 Å². The lowest BCUT2D eigenvalue weighted by atomic mass is 9.95. The molecule has 0 spiro atoms. The molecule has 2 nitrogen and oxygen atoms in total. The third-order valence-electron chi connectivity index (χ3n) is 2.32. The summed E-state index contributed by atoms with van der Waals surface area (Å²) >= 11 is 0. The van der Waals surface area contributed by atoms with Crippen LogP contribution in [0.1, 0.15) is 36.5 Å². The molecule has 0 aromatic heterocycles. The van der Waals surface area contributed by atoms with E-state index in [1.807, 2.05) is 12.1 Å². The van der Waals surface area contributed by atoms with E-state index in [-0.39, 0.29) is 0 Å². The Bertz CT molecular complexity index is 351. The Hall–Kier alpha value is -1.44. The van der Waals surface area contributed by atoms with E-state index in [1.165, 1.54) is 11.1 Å². The monoisotopic (exact) mass is 188 g/mol. The fourth-order valence-corrected chi connectivity index (χ4v) is 1.54. The van der Waals surface area contributed by atoms with Crippen LogP contribution in [0.5, 0.6) is 0 Å². The van der Waals surface area contributed by atoms with E-state index >= 15 is 0 Å². The van der Waals surface area contributed by atoms with Crippen molar-refractivity contribution in [3.63, 3.8) is 0 Å². The molecule has 0 atom stereocenters. The normalized spacial score (nSPS) is 11.1. The first-order valence-electron chi connectivity index (χ1n) is 4.75. The smallest absolute Gasteiger partial charge is 0.0570 e. The molecule has 0 saturated heterocycles. The van der Waals surface area contributed by atoms with Gasteiger partial charge < -0.3 is 0 Å². The molecule has 0 aliphatic rings. The Balaban J connectivity index is 3.13. The Morgan fingerprint density at radius 2 is 2.07 bits per heavy atom. The third-order valence-corrected chi connectivity index (χ3v) is 2.32. The van der Waals surface area contributed by atoms with Gasteiger partial charge in [-0.05, 0) is 29.5 Å². The molecule has 0 unspecified atom stereocenters. The van der Waals surface area contributed by atoms with E-state index < -0.39 is 0 Å². The van der Waals surface area contributed by atoms with Gasteiger partial charge in [0.05, 0.1) is 6.21 Å². The molecule has 1 rings (SSSR count). The van der Waals surface area contributed by atoms with E-state index in [1.54, 1.807) is 6.21 Å². The molecule has 74 valence electrons. The molecule has 0 bridgehead atoms. The molecule has 0 radical (unpaired) electrons. The maximum atomic E-state index is 3.79. The summed E-state index contributed by atoms with van der Waals surface area (Å²) in [6, 6.07) is 6.24. The molecule has 0 heterocycles. The van der Waals surface area contributed by atoms with Crippen molar-refractivity contribution in [3.8, 4) is 0 Å². The van der Waals surface area contributed by atoms with Gasteiger partial charge in [0.25, 0.3) is 0 Å². The highest BCUT2D eigenvalue weighted by atomic mass is 15.2. The van der Waals surface area contributed by atoms with Gasteiger partial charge >= 0.3 is 0 Å². The standard InChI is InChI=1S/C12H16N2/c1-9(2)12-7-5-6-11(10(12)3)8-14-13-4/h5-9H,4H2,1-3H3/b14-8-. The van der Waals surface area contributed by atoms with Crippen LogP contribution in [0.3, 0.4) is 0 Å². The van der Waals surface area contributed by atoms with Crippen LogP contribution in [0.4, 0.5) is 0 Å². The molecule has 0 N–H and O–H groups in total. The molecule has 0 aliphatic heterocycles. The first kappa shape index (κ1) is 10.6. The highest BCUT2D eigenvalue weighted by Crippen LogP contribution is 2.20. The molecule has 0 amide bonds. The zero-order valence-electron chi connectivity index (χ0n) is 8.99. The van der Waals surface area contributed by atoms with Crippen LogP contribution in [0.25, 0.3) is 0 Å². The Morgan fingerprint density at radius 1 is 1.36 bits per heavy atom. The average Bonchev–Trinajstić information content (AvgIpc) is 2.16. The summed E-state index contributed by atoms with van der Waals surface area (Å²) in [6.45, 7) is 9.80. The average molecular weight is 188 g/mol. The zero-order chi connectivity index (χ0) is 10.6.